The molecular weight excluding hydrogens is 154 g/mol. The van der Waals surface area contributed by atoms with Crippen molar-refractivity contribution in [2.24, 2.45) is 0 Å². The van der Waals surface area contributed by atoms with E-state index in [4.69, 9.17) is 0 Å². The summed E-state index contributed by atoms with van der Waals surface area (Å²) in [5.41, 5.74) is 1.18. The van der Waals surface area contributed by atoms with Gasteiger partial charge in [0, 0.05) is 6.04 Å². The topological polar surface area (TPSA) is 12.0 Å². The van der Waals surface area contributed by atoms with Gasteiger partial charge in [0.2, 0.25) is 0 Å². The SMILES string of the molecule is C=CN[C@@H](CCSC)C(=C)C. The third kappa shape index (κ3) is 4.96. The Bertz CT molecular complexity index is 132. The van der Waals surface area contributed by atoms with Gasteiger partial charge >= 0.3 is 0 Å². The quantitative estimate of drug-likeness (QED) is 0.616. The van der Waals surface area contributed by atoms with Crippen molar-refractivity contribution in [1.29, 1.82) is 0 Å². The predicted molar refractivity (Wildman–Crippen MR) is 54.9 cm³/mol. The zero-order chi connectivity index (χ0) is 8.69. The Balaban J connectivity index is 3.69. The van der Waals surface area contributed by atoms with Gasteiger partial charge in [-0.3, -0.25) is 0 Å². The maximum Gasteiger partial charge on any atom is 0.0470 e. The lowest BCUT2D eigenvalue weighted by Gasteiger charge is -2.16. The molecule has 1 atom stereocenters. The molecule has 0 aromatic rings. The minimum Gasteiger partial charge on any atom is -0.385 e. The highest BCUT2D eigenvalue weighted by Gasteiger charge is 2.04. The molecule has 0 saturated carbocycles. The first-order valence-corrected chi connectivity index (χ1v) is 5.13. The Morgan fingerprint density at radius 3 is 2.73 bits per heavy atom. The molecule has 0 spiro atoms. The summed E-state index contributed by atoms with van der Waals surface area (Å²) in [6, 6.07) is 0.403. The van der Waals surface area contributed by atoms with Crippen LogP contribution in [0.5, 0.6) is 0 Å². The average molecular weight is 171 g/mol. The monoisotopic (exact) mass is 171 g/mol. The molecule has 1 N–H and O–H groups in total. The summed E-state index contributed by atoms with van der Waals surface area (Å²) in [5, 5.41) is 3.17. The maximum atomic E-state index is 3.91. The van der Waals surface area contributed by atoms with Crippen LogP contribution in [-0.2, 0) is 0 Å². The Morgan fingerprint density at radius 1 is 1.73 bits per heavy atom. The molecule has 0 aliphatic rings. The van der Waals surface area contributed by atoms with Crippen molar-refractivity contribution in [1.82, 2.24) is 5.32 Å². The summed E-state index contributed by atoms with van der Waals surface area (Å²) < 4.78 is 0. The van der Waals surface area contributed by atoms with Crippen molar-refractivity contribution < 1.29 is 0 Å². The second kappa shape index (κ2) is 6.35. The highest BCUT2D eigenvalue weighted by atomic mass is 32.2. The summed E-state index contributed by atoms with van der Waals surface area (Å²) >= 11 is 1.86. The van der Waals surface area contributed by atoms with Crippen LogP contribution in [0.1, 0.15) is 13.3 Å². The Kier molecular flexibility index (Phi) is 6.13. The van der Waals surface area contributed by atoms with E-state index in [1.54, 1.807) is 6.20 Å². The standard InChI is InChI=1S/C9H17NS/c1-5-10-9(8(2)3)6-7-11-4/h5,9-10H,1-2,6-7H2,3-4H3/t9-/m0/s1. The van der Waals surface area contributed by atoms with Crippen molar-refractivity contribution in [3.63, 3.8) is 0 Å². The molecule has 1 nitrogen and oxygen atoms in total. The van der Waals surface area contributed by atoms with Crippen molar-refractivity contribution in [2.45, 2.75) is 19.4 Å². The molecule has 2 heteroatoms. The van der Waals surface area contributed by atoms with Crippen molar-refractivity contribution in [2.75, 3.05) is 12.0 Å². The van der Waals surface area contributed by atoms with Crippen LogP contribution in [-0.4, -0.2) is 18.1 Å². The molecule has 0 aliphatic heterocycles. The van der Waals surface area contributed by atoms with E-state index in [1.165, 1.54) is 11.3 Å². The fourth-order valence-corrected chi connectivity index (χ4v) is 1.32. The lowest BCUT2D eigenvalue weighted by molar-refractivity contribution is 0.651. The lowest BCUT2D eigenvalue weighted by atomic mass is 10.1. The predicted octanol–water partition coefficient (Wildman–Crippen LogP) is 2.42. The highest BCUT2D eigenvalue weighted by Crippen LogP contribution is 2.06. The van der Waals surface area contributed by atoms with E-state index >= 15 is 0 Å². The zero-order valence-electron chi connectivity index (χ0n) is 7.39. The molecule has 0 bridgehead atoms. The second-order valence-corrected chi connectivity index (χ2v) is 3.54. The largest absolute Gasteiger partial charge is 0.385 e. The Hall–Kier alpha value is -0.370. The summed E-state index contributed by atoms with van der Waals surface area (Å²) in [6.45, 7) is 9.58. The van der Waals surface area contributed by atoms with Gasteiger partial charge in [0.15, 0.2) is 0 Å². The first-order chi connectivity index (χ1) is 5.22. The van der Waals surface area contributed by atoms with Gasteiger partial charge in [0.25, 0.3) is 0 Å². The van der Waals surface area contributed by atoms with Crippen LogP contribution in [0.15, 0.2) is 24.9 Å². The number of hydrogen-bond acceptors (Lipinski definition) is 2. The van der Waals surface area contributed by atoms with E-state index in [0.29, 0.717) is 6.04 Å². The molecule has 11 heavy (non-hydrogen) atoms. The minimum atomic E-state index is 0.403. The van der Waals surface area contributed by atoms with Crippen molar-refractivity contribution >= 4 is 11.8 Å². The van der Waals surface area contributed by atoms with Crippen molar-refractivity contribution in [3.05, 3.63) is 24.9 Å². The van der Waals surface area contributed by atoms with Crippen LogP contribution in [0.2, 0.25) is 0 Å². The zero-order valence-corrected chi connectivity index (χ0v) is 8.21. The van der Waals surface area contributed by atoms with Crippen LogP contribution >= 0.6 is 11.8 Å². The van der Waals surface area contributed by atoms with E-state index in [9.17, 15) is 0 Å². The molecule has 0 unspecified atom stereocenters. The number of hydrogen-bond donors (Lipinski definition) is 1. The molecule has 0 aliphatic carbocycles. The van der Waals surface area contributed by atoms with Gasteiger partial charge in [-0.25, -0.2) is 0 Å². The van der Waals surface area contributed by atoms with E-state index in [0.717, 1.165) is 6.42 Å². The van der Waals surface area contributed by atoms with Gasteiger partial charge in [0.05, 0.1) is 0 Å². The van der Waals surface area contributed by atoms with E-state index < -0.39 is 0 Å². The second-order valence-electron chi connectivity index (χ2n) is 2.55. The smallest absolute Gasteiger partial charge is 0.0470 e. The van der Waals surface area contributed by atoms with Crippen molar-refractivity contribution in [3.8, 4) is 0 Å². The lowest BCUT2D eigenvalue weighted by Crippen LogP contribution is -2.25. The summed E-state index contributed by atoms with van der Waals surface area (Å²) in [4.78, 5) is 0. The molecule has 0 aromatic carbocycles. The fourth-order valence-electron chi connectivity index (χ4n) is 0.850. The van der Waals surface area contributed by atoms with Gasteiger partial charge < -0.3 is 5.32 Å². The molecule has 0 aromatic heterocycles. The molecule has 0 saturated heterocycles. The fraction of sp³-hybridized carbons (Fsp3) is 0.556. The molecule has 0 rings (SSSR count). The van der Waals surface area contributed by atoms with E-state index in [-0.39, 0.29) is 0 Å². The normalized spacial score (nSPS) is 12.2. The summed E-state index contributed by atoms with van der Waals surface area (Å²) in [7, 11) is 0. The van der Waals surface area contributed by atoms with Crippen LogP contribution in [0, 0.1) is 0 Å². The number of rotatable bonds is 6. The first-order valence-electron chi connectivity index (χ1n) is 3.73. The Morgan fingerprint density at radius 2 is 2.36 bits per heavy atom. The van der Waals surface area contributed by atoms with E-state index in [1.807, 2.05) is 18.7 Å². The first kappa shape index (κ1) is 10.6. The Labute approximate surface area is 74.0 Å². The number of thioether (sulfide) groups is 1. The minimum absolute atomic E-state index is 0.403. The molecule has 0 amide bonds. The number of nitrogens with one attached hydrogen (secondary N) is 1. The summed E-state index contributed by atoms with van der Waals surface area (Å²) in [5.74, 6) is 1.17. The van der Waals surface area contributed by atoms with Gasteiger partial charge in [-0.05, 0) is 31.6 Å². The van der Waals surface area contributed by atoms with Crippen LogP contribution in [0.3, 0.4) is 0 Å². The van der Waals surface area contributed by atoms with Crippen LogP contribution in [0.25, 0.3) is 0 Å². The molecule has 0 radical (unpaired) electrons. The van der Waals surface area contributed by atoms with Gasteiger partial charge in [-0.2, -0.15) is 11.8 Å². The third-order valence-corrected chi connectivity index (χ3v) is 2.17. The molecule has 64 valence electrons. The van der Waals surface area contributed by atoms with Gasteiger partial charge in [-0.15, -0.1) is 0 Å². The maximum absolute atomic E-state index is 3.91. The average Bonchev–Trinajstić information content (AvgIpc) is 1.97. The van der Waals surface area contributed by atoms with Crippen LogP contribution < -0.4 is 5.32 Å². The van der Waals surface area contributed by atoms with Gasteiger partial charge in [-0.1, -0.05) is 18.7 Å². The van der Waals surface area contributed by atoms with E-state index in [2.05, 4.69) is 24.7 Å². The van der Waals surface area contributed by atoms with Crippen LogP contribution in [0.4, 0.5) is 0 Å². The summed E-state index contributed by atoms with van der Waals surface area (Å²) in [6.07, 6.45) is 4.98. The van der Waals surface area contributed by atoms with Gasteiger partial charge in [0.1, 0.15) is 0 Å². The molecule has 0 fully saturated rings. The molecular formula is C9H17NS. The third-order valence-electron chi connectivity index (χ3n) is 1.52. The molecule has 0 heterocycles. The highest BCUT2D eigenvalue weighted by molar-refractivity contribution is 7.98.